The highest BCUT2D eigenvalue weighted by Gasteiger charge is 2.43. The van der Waals surface area contributed by atoms with Crippen molar-refractivity contribution >= 4 is 29.4 Å². The molecule has 3 rings (SSSR count). The lowest BCUT2D eigenvalue weighted by molar-refractivity contribution is -0.151. The molecule has 2 aromatic rings. The van der Waals surface area contributed by atoms with E-state index in [9.17, 15) is 28.0 Å². The first kappa shape index (κ1) is 22.1. The number of ether oxygens (including phenoxy) is 1. The monoisotopic (exact) mass is 430 g/mol. The molecule has 9 heteroatoms. The number of imide groups is 1. The van der Waals surface area contributed by atoms with E-state index in [2.05, 4.69) is 5.32 Å². The zero-order valence-corrected chi connectivity index (χ0v) is 16.9. The van der Waals surface area contributed by atoms with E-state index >= 15 is 0 Å². The summed E-state index contributed by atoms with van der Waals surface area (Å²) in [7, 11) is 0. The lowest BCUT2D eigenvalue weighted by atomic mass is 10.0. The Morgan fingerprint density at radius 1 is 1.03 bits per heavy atom. The molecule has 1 atom stereocenters. The summed E-state index contributed by atoms with van der Waals surface area (Å²) in [5.74, 6) is -4.86. The number of fused-ring (bicyclic) bond motifs is 1. The van der Waals surface area contributed by atoms with Crippen molar-refractivity contribution in [3.8, 4) is 0 Å². The van der Waals surface area contributed by atoms with E-state index in [0.717, 1.165) is 17.0 Å². The topological polar surface area (TPSA) is 92.8 Å². The van der Waals surface area contributed by atoms with Gasteiger partial charge in [-0.15, -0.1) is 0 Å². The second-order valence-corrected chi connectivity index (χ2v) is 7.45. The summed E-state index contributed by atoms with van der Waals surface area (Å²) in [5.41, 5.74) is 0.110. The smallest absolute Gasteiger partial charge is 0.329 e. The third kappa shape index (κ3) is 4.76. The molecule has 0 aromatic heterocycles. The summed E-state index contributed by atoms with van der Waals surface area (Å²) in [5, 5.41) is 2.17. The van der Waals surface area contributed by atoms with Gasteiger partial charge in [-0.3, -0.25) is 19.3 Å². The molecule has 1 N–H and O–H groups in total. The zero-order chi connectivity index (χ0) is 22.7. The van der Waals surface area contributed by atoms with Crippen molar-refractivity contribution in [3.63, 3.8) is 0 Å². The Hall–Kier alpha value is -3.62. The first-order valence-electron chi connectivity index (χ1n) is 9.57. The van der Waals surface area contributed by atoms with Gasteiger partial charge < -0.3 is 10.1 Å². The second-order valence-electron chi connectivity index (χ2n) is 7.45. The van der Waals surface area contributed by atoms with Crippen LogP contribution in [0.25, 0.3) is 0 Å². The van der Waals surface area contributed by atoms with Crippen LogP contribution in [0.15, 0.2) is 42.5 Å². The van der Waals surface area contributed by atoms with Gasteiger partial charge in [0.05, 0.1) is 16.8 Å². The molecule has 0 saturated carbocycles. The molecule has 7 nitrogen and oxygen atoms in total. The van der Waals surface area contributed by atoms with Gasteiger partial charge in [0, 0.05) is 6.07 Å². The SMILES string of the molecule is CC(C)CC(C(=O)OCC(=O)Nc1ccc(F)cc1F)N1C(=O)c2ccccc2C1=O. The molecule has 0 fully saturated rings. The minimum absolute atomic E-state index is 0.0657. The first-order chi connectivity index (χ1) is 14.7. The van der Waals surface area contributed by atoms with Crippen LogP contribution in [0.4, 0.5) is 14.5 Å². The lowest BCUT2D eigenvalue weighted by Gasteiger charge is -2.25. The van der Waals surface area contributed by atoms with Crippen molar-refractivity contribution in [1.82, 2.24) is 4.90 Å². The van der Waals surface area contributed by atoms with Crippen molar-refractivity contribution in [3.05, 3.63) is 65.2 Å². The minimum atomic E-state index is -1.22. The Labute approximate surface area is 177 Å². The number of nitrogens with one attached hydrogen (secondary N) is 1. The maximum Gasteiger partial charge on any atom is 0.329 e. The highest BCUT2D eigenvalue weighted by atomic mass is 19.1. The highest BCUT2D eigenvalue weighted by Crippen LogP contribution is 2.27. The number of hydrogen-bond acceptors (Lipinski definition) is 5. The first-order valence-corrected chi connectivity index (χ1v) is 9.57. The normalized spacial score (nSPS) is 13.9. The summed E-state index contributed by atoms with van der Waals surface area (Å²) in [4.78, 5) is 51.0. The number of hydrogen-bond donors (Lipinski definition) is 1. The van der Waals surface area contributed by atoms with Gasteiger partial charge in [-0.1, -0.05) is 26.0 Å². The second kappa shape index (κ2) is 9.03. The molecule has 0 bridgehead atoms. The number of nitrogens with zero attached hydrogens (tertiary/aromatic N) is 1. The van der Waals surface area contributed by atoms with Crippen LogP contribution in [-0.2, 0) is 14.3 Å². The molecule has 1 heterocycles. The van der Waals surface area contributed by atoms with Crippen LogP contribution in [0.2, 0.25) is 0 Å². The average Bonchev–Trinajstić information content (AvgIpc) is 2.97. The predicted molar refractivity (Wildman–Crippen MR) is 106 cm³/mol. The van der Waals surface area contributed by atoms with Gasteiger partial charge in [-0.2, -0.15) is 0 Å². The number of carbonyl (C=O) groups excluding carboxylic acids is 4. The van der Waals surface area contributed by atoms with E-state index in [0.29, 0.717) is 6.07 Å². The number of esters is 1. The number of amides is 3. The van der Waals surface area contributed by atoms with Crippen molar-refractivity contribution in [2.75, 3.05) is 11.9 Å². The summed E-state index contributed by atoms with van der Waals surface area (Å²) < 4.78 is 31.6. The predicted octanol–water partition coefficient (Wildman–Crippen LogP) is 3.16. The van der Waals surface area contributed by atoms with E-state index in [-0.39, 0.29) is 29.2 Å². The van der Waals surface area contributed by atoms with Crippen molar-refractivity contribution in [2.24, 2.45) is 5.92 Å². The molecule has 0 spiro atoms. The van der Waals surface area contributed by atoms with Crippen molar-refractivity contribution < 1.29 is 32.7 Å². The maximum absolute atomic E-state index is 13.7. The molecular weight excluding hydrogens is 410 g/mol. The largest absolute Gasteiger partial charge is 0.454 e. The fourth-order valence-corrected chi connectivity index (χ4v) is 3.25. The minimum Gasteiger partial charge on any atom is -0.454 e. The molecule has 31 heavy (non-hydrogen) atoms. The molecular formula is C22H20F2N2O5. The molecule has 0 aliphatic carbocycles. The van der Waals surface area contributed by atoms with Crippen LogP contribution < -0.4 is 5.32 Å². The summed E-state index contributed by atoms with van der Waals surface area (Å²) in [6.45, 7) is 2.85. The fraction of sp³-hybridized carbons (Fsp3) is 0.273. The van der Waals surface area contributed by atoms with Crippen LogP contribution in [0, 0.1) is 17.6 Å². The standard InChI is InChI=1S/C22H20F2N2O5/c1-12(2)9-18(26-20(28)14-5-3-4-6-15(14)21(26)29)22(30)31-11-19(27)25-17-8-7-13(23)10-16(17)24/h3-8,10,12,18H,9,11H2,1-2H3,(H,25,27). The van der Waals surface area contributed by atoms with E-state index in [1.54, 1.807) is 12.1 Å². The van der Waals surface area contributed by atoms with Crippen molar-refractivity contribution in [1.29, 1.82) is 0 Å². The van der Waals surface area contributed by atoms with Gasteiger partial charge in [0.2, 0.25) is 0 Å². The van der Waals surface area contributed by atoms with Crippen LogP contribution in [0.5, 0.6) is 0 Å². The molecule has 1 aliphatic heterocycles. The van der Waals surface area contributed by atoms with Gasteiger partial charge in [0.15, 0.2) is 6.61 Å². The Bertz CT molecular complexity index is 1020. The number of benzene rings is 2. The third-order valence-electron chi connectivity index (χ3n) is 4.65. The van der Waals surface area contributed by atoms with Crippen LogP contribution in [0.1, 0.15) is 41.0 Å². The summed E-state index contributed by atoms with van der Waals surface area (Å²) in [6.07, 6.45) is 0.137. The van der Waals surface area contributed by atoms with Gasteiger partial charge in [0.25, 0.3) is 17.7 Å². The van der Waals surface area contributed by atoms with Crippen LogP contribution in [-0.4, -0.2) is 41.2 Å². The van der Waals surface area contributed by atoms with E-state index in [1.165, 1.54) is 12.1 Å². The molecule has 2 aromatic carbocycles. The average molecular weight is 430 g/mol. The molecule has 0 radical (unpaired) electrons. The molecule has 162 valence electrons. The fourth-order valence-electron chi connectivity index (χ4n) is 3.25. The Morgan fingerprint density at radius 2 is 1.65 bits per heavy atom. The van der Waals surface area contributed by atoms with Crippen molar-refractivity contribution in [2.45, 2.75) is 26.3 Å². The number of carbonyl (C=O) groups is 4. The van der Waals surface area contributed by atoms with E-state index in [4.69, 9.17) is 4.74 Å². The lowest BCUT2D eigenvalue weighted by Crippen LogP contribution is -2.46. The number of halogens is 2. The van der Waals surface area contributed by atoms with Crippen LogP contribution >= 0.6 is 0 Å². The van der Waals surface area contributed by atoms with Gasteiger partial charge in [-0.05, 0) is 36.6 Å². The number of anilines is 1. The van der Waals surface area contributed by atoms with E-state index in [1.807, 2.05) is 13.8 Å². The van der Waals surface area contributed by atoms with Gasteiger partial charge >= 0.3 is 5.97 Å². The Balaban J connectivity index is 1.70. The molecule has 0 saturated heterocycles. The van der Waals surface area contributed by atoms with Gasteiger partial charge in [0.1, 0.15) is 17.7 Å². The number of rotatable bonds is 7. The molecule has 3 amide bonds. The molecule has 1 aliphatic rings. The highest BCUT2D eigenvalue weighted by molar-refractivity contribution is 6.22. The Morgan fingerprint density at radius 3 is 2.19 bits per heavy atom. The van der Waals surface area contributed by atoms with Gasteiger partial charge in [-0.25, -0.2) is 13.6 Å². The van der Waals surface area contributed by atoms with E-state index < -0.39 is 48.0 Å². The van der Waals surface area contributed by atoms with Crippen LogP contribution in [0.3, 0.4) is 0 Å². The third-order valence-corrected chi connectivity index (χ3v) is 4.65. The summed E-state index contributed by atoms with van der Waals surface area (Å²) in [6, 6.07) is 7.60. The Kier molecular flexibility index (Phi) is 6.43. The molecule has 1 unspecified atom stereocenters. The maximum atomic E-state index is 13.7. The zero-order valence-electron chi connectivity index (χ0n) is 16.9. The quantitative estimate of drug-likeness (QED) is 0.538. The summed E-state index contributed by atoms with van der Waals surface area (Å²) >= 11 is 0.